The summed E-state index contributed by atoms with van der Waals surface area (Å²) >= 11 is 0. The third kappa shape index (κ3) is 2.17. The highest BCUT2D eigenvalue weighted by atomic mass is 16.5. The SMILES string of the molecule is COc1cccc2c1NC(=O)C[C@@H]2C(=O)N1CC2(CNC(=O)N2)C1. The van der Waals surface area contributed by atoms with Crippen molar-refractivity contribution in [1.29, 1.82) is 0 Å². The van der Waals surface area contributed by atoms with Gasteiger partial charge >= 0.3 is 6.03 Å². The van der Waals surface area contributed by atoms with Crippen molar-refractivity contribution in [3.8, 4) is 5.75 Å². The van der Waals surface area contributed by atoms with Crippen LogP contribution < -0.4 is 20.7 Å². The minimum Gasteiger partial charge on any atom is -0.495 e. The van der Waals surface area contributed by atoms with E-state index in [9.17, 15) is 14.4 Å². The molecule has 1 atom stereocenters. The Morgan fingerprint density at radius 2 is 2.12 bits per heavy atom. The Morgan fingerprint density at radius 3 is 2.79 bits per heavy atom. The molecule has 3 heterocycles. The molecule has 1 aromatic rings. The van der Waals surface area contributed by atoms with E-state index in [1.54, 1.807) is 11.0 Å². The number of benzene rings is 1. The maximum atomic E-state index is 12.9. The molecule has 3 aliphatic heterocycles. The van der Waals surface area contributed by atoms with E-state index < -0.39 is 5.92 Å². The van der Waals surface area contributed by atoms with E-state index in [-0.39, 0.29) is 29.8 Å². The van der Waals surface area contributed by atoms with Crippen LogP contribution in [0.4, 0.5) is 10.5 Å². The number of nitrogens with one attached hydrogen (secondary N) is 3. The highest BCUT2D eigenvalue weighted by Gasteiger charge is 2.51. The van der Waals surface area contributed by atoms with Crippen molar-refractivity contribution < 1.29 is 19.1 Å². The zero-order valence-electron chi connectivity index (χ0n) is 13.2. The van der Waals surface area contributed by atoms with Crippen molar-refractivity contribution in [2.24, 2.45) is 0 Å². The molecule has 1 aromatic carbocycles. The third-order valence-corrected chi connectivity index (χ3v) is 4.87. The molecule has 0 unspecified atom stereocenters. The van der Waals surface area contributed by atoms with Crippen LogP contribution in [0.2, 0.25) is 0 Å². The van der Waals surface area contributed by atoms with Crippen LogP contribution in [0.3, 0.4) is 0 Å². The zero-order chi connectivity index (χ0) is 16.9. The predicted octanol–water partition coefficient (Wildman–Crippen LogP) is 0.0148. The summed E-state index contributed by atoms with van der Waals surface area (Å²) in [5.74, 6) is -0.264. The molecule has 8 heteroatoms. The fourth-order valence-corrected chi connectivity index (χ4v) is 3.68. The monoisotopic (exact) mass is 330 g/mol. The van der Waals surface area contributed by atoms with Crippen LogP contribution in [0.1, 0.15) is 17.9 Å². The van der Waals surface area contributed by atoms with Crippen molar-refractivity contribution >= 4 is 23.5 Å². The average molecular weight is 330 g/mol. The first-order valence-electron chi connectivity index (χ1n) is 7.83. The van der Waals surface area contributed by atoms with E-state index >= 15 is 0 Å². The smallest absolute Gasteiger partial charge is 0.315 e. The minimum atomic E-state index is -0.522. The topological polar surface area (TPSA) is 99.8 Å². The highest BCUT2D eigenvalue weighted by molar-refractivity contribution is 6.02. The minimum absolute atomic E-state index is 0.0915. The highest BCUT2D eigenvalue weighted by Crippen LogP contribution is 2.40. The molecule has 1 spiro atoms. The summed E-state index contributed by atoms with van der Waals surface area (Å²) in [6.07, 6.45) is 0.118. The van der Waals surface area contributed by atoms with Crippen LogP contribution >= 0.6 is 0 Å². The van der Waals surface area contributed by atoms with Gasteiger partial charge in [-0.25, -0.2) is 4.79 Å². The number of urea groups is 1. The standard InChI is InChI=1S/C16H18N4O4/c1-24-11-4-2-3-9-10(5-12(21)18-13(9)11)14(22)20-7-16(8-20)6-17-15(23)19-16/h2-4,10H,5-8H2,1H3,(H,18,21)(H2,17,19,23)/t10-/m0/s1. The van der Waals surface area contributed by atoms with Gasteiger partial charge in [0.05, 0.1) is 24.3 Å². The van der Waals surface area contributed by atoms with Crippen LogP contribution in [0.25, 0.3) is 0 Å². The van der Waals surface area contributed by atoms with Gasteiger partial charge in [-0.2, -0.15) is 0 Å². The van der Waals surface area contributed by atoms with Crippen LogP contribution in [0.15, 0.2) is 18.2 Å². The van der Waals surface area contributed by atoms with E-state index in [4.69, 9.17) is 4.74 Å². The lowest BCUT2D eigenvalue weighted by Crippen LogP contribution is -2.70. The molecular weight excluding hydrogens is 312 g/mol. The van der Waals surface area contributed by atoms with Gasteiger partial charge in [-0.3, -0.25) is 9.59 Å². The molecule has 126 valence electrons. The number of anilines is 1. The maximum Gasteiger partial charge on any atom is 0.315 e. The summed E-state index contributed by atoms with van der Waals surface area (Å²) in [7, 11) is 1.53. The molecule has 0 aromatic heterocycles. The quantitative estimate of drug-likeness (QED) is 0.711. The number of hydrogen-bond donors (Lipinski definition) is 3. The number of para-hydroxylation sites is 1. The summed E-state index contributed by atoms with van der Waals surface area (Å²) in [6, 6.07) is 5.21. The molecular formula is C16H18N4O4. The van der Waals surface area contributed by atoms with E-state index in [1.807, 2.05) is 12.1 Å². The summed E-state index contributed by atoms with van der Waals surface area (Å²) in [6.45, 7) is 1.44. The first-order valence-corrected chi connectivity index (χ1v) is 7.83. The maximum absolute atomic E-state index is 12.9. The molecule has 8 nitrogen and oxygen atoms in total. The van der Waals surface area contributed by atoms with Gasteiger partial charge in [0.25, 0.3) is 0 Å². The Hall–Kier alpha value is -2.77. The Morgan fingerprint density at radius 1 is 1.33 bits per heavy atom. The van der Waals surface area contributed by atoms with Crippen LogP contribution in [0.5, 0.6) is 5.75 Å². The molecule has 0 saturated carbocycles. The van der Waals surface area contributed by atoms with Crippen LogP contribution in [-0.2, 0) is 9.59 Å². The molecule has 0 radical (unpaired) electrons. The number of hydrogen-bond acceptors (Lipinski definition) is 4. The summed E-state index contributed by atoms with van der Waals surface area (Å²) < 4.78 is 5.28. The second-order valence-corrected chi connectivity index (χ2v) is 6.51. The number of nitrogens with zero attached hydrogens (tertiary/aromatic N) is 1. The number of carbonyl (C=O) groups is 3. The second-order valence-electron chi connectivity index (χ2n) is 6.51. The lowest BCUT2D eigenvalue weighted by atomic mass is 9.84. The lowest BCUT2D eigenvalue weighted by molar-refractivity contribution is -0.142. The number of amides is 4. The number of rotatable bonds is 2. The fourth-order valence-electron chi connectivity index (χ4n) is 3.68. The van der Waals surface area contributed by atoms with E-state index in [0.29, 0.717) is 31.1 Å². The molecule has 2 saturated heterocycles. The van der Waals surface area contributed by atoms with Crippen molar-refractivity contribution in [1.82, 2.24) is 15.5 Å². The van der Waals surface area contributed by atoms with E-state index in [0.717, 1.165) is 5.56 Å². The van der Waals surface area contributed by atoms with Gasteiger partial charge < -0.3 is 25.6 Å². The van der Waals surface area contributed by atoms with E-state index in [2.05, 4.69) is 16.0 Å². The van der Waals surface area contributed by atoms with Crippen molar-refractivity contribution in [2.45, 2.75) is 17.9 Å². The van der Waals surface area contributed by atoms with Gasteiger partial charge in [0.1, 0.15) is 5.75 Å². The number of likely N-dealkylation sites (tertiary alicyclic amines) is 1. The van der Waals surface area contributed by atoms with Crippen molar-refractivity contribution in [2.75, 3.05) is 32.1 Å². The van der Waals surface area contributed by atoms with Crippen LogP contribution in [0, 0.1) is 0 Å². The largest absolute Gasteiger partial charge is 0.495 e. The molecule has 0 aliphatic carbocycles. The fraction of sp³-hybridized carbons (Fsp3) is 0.438. The number of fused-ring (bicyclic) bond motifs is 1. The van der Waals surface area contributed by atoms with E-state index in [1.165, 1.54) is 7.11 Å². The summed E-state index contributed by atoms with van der Waals surface area (Å²) in [5.41, 5.74) is 0.982. The predicted molar refractivity (Wildman–Crippen MR) is 84.8 cm³/mol. The van der Waals surface area contributed by atoms with Gasteiger partial charge in [-0.05, 0) is 11.6 Å². The normalized spacial score (nSPS) is 23.7. The lowest BCUT2D eigenvalue weighted by Gasteiger charge is -2.48. The molecule has 4 rings (SSSR count). The molecule has 3 N–H and O–H groups in total. The van der Waals surface area contributed by atoms with Crippen molar-refractivity contribution in [3.63, 3.8) is 0 Å². The Kier molecular flexibility index (Phi) is 3.16. The first-order chi connectivity index (χ1) is 11.5. The van der Waals surface area contributed by atoms with Gasteiger partial charge in [0.15, 0.2) is 0 Å². The zero-order valence-corrected chi connectivity index (χ0v) is 13.2. The van der Waals surface area contributed by atoms with Crippen LogP contribution in [-0.4, -0.2) is 55.0 Å². The summed E-state index contributed by atoms with van der Waals surface area (Å²) in [5, 5.41) is 8.37. The molecule has 2 fully saturated rings. The third-order valence-electron chi connectivity index (χ3n) is 4.87. The number of ether oxygens (including phenoxy) is 1. The molecule has 3 aliphatic rings. The van der Waals surface area contributed by atoms with Gasteiger partial charge in [-0.1, -0.05) is 12.1 Å². The van der Waals surface area contributed by atoms with Crippen molar-refractivity contribution in [3.05, 3.63) is 23.8 Å². The Balaban J connectivity index is 1.56. The van der Waals surface area contributed by atoms with Gasteiger partial charge in [0.2, 0.25) is 11.8 Å². The van der Waals surface area contributed by atoms with Gasteiger partial charge in [-0.15, -0.1) is 0 Å². The summed E-state index contributed by atoms with van der Waals surface area (Å²) in [4.78, 5) is 37.9. The molecule has 24 heavy (non-hydrogen) atoms. The molecule has 4 amide bonds. The van der Waals surface area contributed by atoms with Gasteiger partial charge in [0, 0.05) is 26.1 Å². The number of methoxy groups -OCH3 is 1. The number of carbonyl (C=O) groups excluding carboxylic acids is 3. The average Bonchev–Trinajstić information content (AvgIpc) is 2.93. The second kappa shape index (κ2) is 5.12. The Bertz CT molecular complexity index is 742. The first kappa shape index (κ1) is 14.8. The molecule has 0 bridgehead atoms. The Labute approximate surface area is 138 Å².